The number of aliphatic hydroxyl groups excluding tert-OH is 1. The van der Waals surface area contributed by atoms with Gasteiger partial charge < -0.3 is 20.6 Å². The van der Waals surface area contributed by atoms with Crippen molar-refractivity contribution < 1.29 is 19.5 Å². The van der Waals surface area contributed by atoms with Crippen molar-refractivity contribution in [3.63, 3.8) is 0 Å². The Bertz CT molecular complexity index is 1150. The van der Waals surface area contributed by atoms with Crippen LogP contribution in [0.5, 0.6) is 0 Å². The van der Waals surface area contributed by atoms with Crippen molar-refractivity contribution in [2.75, 3.05) is 23.8 Å². The van der Waals surface area contributed by atoms with E-state index in [0.29, 0.717) is 5.69 Å². The average molecular weight is 494 g/mol. The van der Waals surface area contributed by atoms with Crippen LogP contribution >= 0.6 is 11.8 Å². The highest BCUT2D eigenvalue weighted by Gasteiger charge is 2.75. The van der Waals surface area contributed by atoms with Crippen molar-refractivity contribution in [1.82, 2.24) is 4.90 Å². The molecule has 3 saturated heterocycles. The van der Waals surface area contributed by atoms with Gasteiger partial charge in [0.25, 0.3) is 0 Å². The largest absolute Gasteiger partial charge is 0.395 e. The maximum atomic E-state index is 13.9. The summed E-state index contributed by atoms with van der Waals surface area (Å²) in [5, 5.41) is 15.8. The van der Waals surface area contributed by atoms with E-state index in [0.717, 1.165) is 23.2 Å². The first kappa shape index (κ1) is 23.9. The van der Waals surface area contributed by atoms with Crippen LogP contribution in [0.4, 0.5) is 11.4 Å². The predicted octanol–water partition coefficient (Wildman–Crippen LogP) is 3.21. The first-order valence-corrected chi connectivity index (χ1v) is 13.0. The second kappa shape index (κ2) is 8.99. The molecule has 2 aromatic carbocycles. The van der Waals surface area contributed by atoms with E-state index in [-0.39, 0.29) is 42.0 Å². The summed E-state index contributed by atoms with van der Waals surface area (Å²) in [6.07, 6.45) is 0.765. The number of nitrogens with zero attached hydrogens (tertiary/aromatic N) is 1. The predicted molar refractivity (Wildman–Crippen MR) is 137 cm³/mol. The zero-order valence-electron chi connectivity index (χ0n) is 20.2. The number of likely N-dealkylation sites (tertiary alicyclic amines) is 1. The second-order valence-corrected chi connectivity index (χ2v) is 11.5. The number of fused-ring (bicyclic) bond motifs is 1. The number of thioether (sulfide) groups is 1. The highest BCUT2D eigenvalue weighted by atomic mass is 32.2. The number of carbonyl (C=O) groups excluding carboxylic acids is 3. The third kappa shape index (κ3) is 3.65. The number of hydrogen-bond acceptors (Lipinski definition) is 5. The lowest BCUT2D eigenvalue weighted by Gasteiger charge is -2.38. The summed E-state index contributed by atoms with van der Waals surface area (Å²) < 4.78 is -0.712. The number of benzene rings is 2. The van der Waals surface area contributed by atoms with Crippen molar-refractivity contribution in [2.45, 2.75) is 43.2 Å². The van der Waals surface area contributed by atoms with Crippen LogP contribution in [-0.4, -0.2) is 56.9 Å². The number of β-amino-alcohol motifs (C(OH)–C–C–N with tert-alkyl or cyclic N) is 1. The first-order chi connectivity index (χ1) is 16.8. The Morgan fingerprint density at radius 1 is 1.06 bits per heavy atom. The van der Waals surface area contributed by atoms with Crippen LogP contribution in [-0.2, 0) is 14.4 Å². The van der Waals surface area contributed by atoms with Gasteiger partial charge in [0.15, 0.2) is 0 Å². The lowest BCUT2D eigenvalue weighted by molar-refractivity contribution is -0.138. The molecule has 2 bridgehead atoms. The lowest BCUT2D eigenvalue weighted by Crippen LogP contribution is -2.55. The van der Waals surface area contributed by atoms with Crippen molar-refractivity contribution >= 4 is 40.9 Å². The van der Waals surface area contributed by atoms with Crippen LogP contribution in [0.3, 0.4) is 0 Å². The SMILES string of the molecule is Cc1cccc(C)c1NC(=O)C1N(CCO)C(=O)[C@@H]2[C@H](C(=O)Nc3ccccc3)[C@@H]3CC(C)C12S3. The van der Waals surface area contributed by atoms with Crippen molar-refractivity contribution in [2.24, 2.45) is 17.8 Å². The highest BCUT2D eigenvalue weighted by Crippen LogP contribution is 2.68. The number of para-hydroxylation sites is 2. The van der Waals surface area contributed by atoms with Crippen LogP contribution in [0.25, 0.3) is 0 Å². The fourth-order valence-corrected chi connectivity index (χ4v) is 8.84. The van der Waals surface area contributed by atoms with Gasteiger partial charge in [-0.3, -0.25) is 14.4 Å². The van der Waals surface area contributed by atoms with E-state index in [9.17, 15) is 19.5 Å². The summed E-state index contributed by atoms with van der Waals surface area (Å²) in [6.45, 7) is 5.79. The number of carbonyl (C=O) groups is 3. The van der Waals surface area contributed by atoms with E-state index < -0.39 is 22.6 Å². The molecular formula is C27H31N3O4S. The summed E-state index contributed by atoms with van der Waals surface area (Å²) in [7, 11) is 0. The van der Waals surface area contributed by atoms with E-state index in [1.807, 2.05) is 62.4 Å². The van der Waals surface area contributed by atoms with E-state index >= 15 is 0 Å². The molecule has 2 aromatic rings. The average Bonchev–Trinajstić information content (AvgIpc) is 3.41. The molecule has 0 saturated carbocycles. The van der Waals surface area contributed by atoms with Gasteiger partial charge in [-0.2, -0.15) is 0 Å². The fraction of sp³-hybridized carbons (Fsp3) is 0.444. The molecular weight excluding hydrogens is 462 g/mol. The van der Waals surface area contributed by atoms with Gasteiger partial charge in [0.2, 0.25) is 17.7 Å². The van der Waals surface area contributed by atoms with Gasteiger partial charge in [0.05, 0.1) is 23.2 Å². The zero-order chi connectivity index (χ0) is 24.9. The van der Waals surface area contributed by atoms with E-state index in [1.54, 1.807) is 11.8 Å². The van der Waals surface area contributed by atoms with Gasteiger partial charge in [-0.15, -0.1) is 11.8 Å². The molecule has 3 fully saturated rings. The van der Waals surface area contributed by atoms with Gasteiger partial charge in [0.1, 0.15) is 6.04 Å². The Morgan fingerprint density at radius 2 is 1.74 bits per heavy atom. The Hall–Kier alpha value is -2.84. The number of rotatable bonds is 6. The molecule has 3 N–H and O–H groups in total. The third-order valence-electron chi connectivity index (χ3n) is 7.91. The summed E-state index contributed by atoms with van der Waals surface area (Å²) in [6, 6.07) is 14.3. The van der Waals surface area contributed by atoms with Crippen LogP contribution in [0.1, 0.15) is 24.5 Å². The van der Waals surface area contributed by atoms with Gasteiger partial charge in [-0.1, -0.05) is 43.3 Å². The van der Waals surface area contributed by atoms with E-state index in [1.165, 1.54) is 4.90 Å². The van der Waals surface area contributed by atoms with Gasteiger partial charge in [-0.05, 0) is 49.4 Å². The number of hydrogen-bond donors (Lipinski definition) is 3. The minimum atomic E-state index is -0.759. The molecule has 1 spiro atoms. The number of aliphatic hydroxyl groups is 1. The molecule has 35 heavy (non-hydrogen) atoms. The monoisotopic (exact) mass is 493 g/mol. The van der Waals surface area contributed by atoms with Gasteiger partial charge >= 0.3 is 0 Å². The standard InChI is InChI=1S/C27H31N3O4S/c1-15-8-7-9-16(2)22(15)29-25(33)23-27-17(3)14-19(35-27)20(21(27)26(34)30(23)12-13-31)24(32)28-18-10-5-4-6-11-18/h4-11,17,19-21,23,31H,12-14H2,1-3H3,(H,28,32)(H,29,33)/t17?,19-,20+,21-,23?,27?/m0/s1. The normalized spacial score (nSPS) is 30.9. The van der Waals surface area contributed by atoms with Crippen molar-refractivity contribution in [1.29, 1.82) is 0 Å². The first-order valence-electron chi connectivity index (χ1n) is 12.1. The van der Waals surface area contributed by atoms with E-state index in [4.69, 9.17) is 0 Å². The number of amides is 3. The Labute approximate surface area is 209 Å². The number of anilines is 2. The molecule has 8 heteroatoms. The molecule has 3 unspecified atom stereocenters. The maximum absolute atomic E-state index is 13.9. The second-order valence-electron chi connectivity index (χ2n) is 9.92. The van der Waals surface area contributed by atoms with Crippen molar-refractivity contribution in [3.8, 4) is 0 Å². The smallest absolute Gasteiger partial charge is 0.248 e. The molecule has 0 radical (unpaired) electrons. The number of aryl methyl sites for hydroxylation is 2. The Kier molecular flexibility index (Phi) is 6.13. The minimum Gasteiger partial charge on any atom is -0.395 e. The molecule has 0 aliphatic carbocycles. The van der Waals surface area contributed by atoms with Crippen LogP contribution in [0, 0.1) is 31.6 Å². The zero-order valence-corrected chi connectivity index (χ0v) is 21.0. The fourth-order valence-electron chi connectivity index (χ4n) is 6.42. The van der Waals surface area contributed by atoms with Crippen LogP contribution in [0.2, 0.25) is 0 Å². The maximum Gasteiger partial charge on any atom is 0.248 e. The topological polar surface area (TPSA) is 98.7 Å². The molecule has 3 aliphatic rings. The third-order valence-corrected chi connectivity index (χ3v) is 9.98. The van der Waals surface area contributed by atoms with Gasteiger partial charge in [-0.25, -0.2) is 0 Å². The Balaban J connectivity index is 1.51. The van der Waals surface area contributed by atoms with Crippen molar-refractivity contribution in [3.05, 3.63) is 59.7 Å². The summed E-state index contributed by atoms with van der Waals surface area (Å²) >= 11 is 1.63. The van der Waals surface area contributed by atoms with E-state index in [2.05, 4.69) is 17.6 Å². The summed E-state index contributed by atoms with van der Waals surface area (Å²) in [5.41, 5.74) is 3.33. The molecule has 3 amide bonds. The van der Waals surface area contributed by atoms with Crippen LogP contribution in [0.15, 0.2) is 48.5 Å². The molecule has 6 atom stereocenters. The molecule has 7 nitrogen and oxygen atoms in total. The molecule has 0 aromatic heterocycles. The lowest BCUT2D eigenvalue weighted by atomic mass is 9.66. The summed E-state index contributed by atoms with van der Waals surface area (Å²) in [5.74, 6) is -1.70. The quantitative estimate of drug-likeness (QED) is 0.574. The molecule has 3 aliphatic heterocycles. The van der Waals surface area contributed by atoms with Crippen LogP contribution < -0.4 is 10.6 Å². The molecule has 184 valence electrons. The summed E-state index contributed by atoms with van der Waals surface area (Å²) in [4.78, 5) is 42.7. The number of nitrogens with one attached hydrogen (secondary N) is 2. The molecule has 3 heterocycles. The minimum absolute atomic E-state index is 0.0329. The van der Waals surface area contributed by atoms with Gasteiger partial charge in [0, 0.05) is 23.2 Å². The highest BCUT2D eigenvalue weighted by molar-refractivity contribution is 8.02. The molecule has 5 rings (SSSR count). The Morgan fingerprint density at radius 3 is 2.40 bits per heavy atom.